The molecule has 3 heteroatoms. The van der Waals surface area contributed by atoms with Crippen LogP contribution in [-0.2, 0) is 9.47 Å². The zero-order chi connectivity index (χ0) is 14.2. The number of hydrogen-bond acceptors (Lipinski definition) is 3. The van der Waals surface area contributed by atoms with Gasteiger partial charge in [0.15, 0.2) is 0 Å². The molecule has 0 amide bonds. The van der Waals surface area contributed by atoms with E-state index in [1.54, 1.807) is 0 Å². The van der Waals surface area contributed by atoms with Crippen LogP contribution in [0.4, 0.5) is 4.79 Å². The Bertz CT molecular complexity index is 561. The maximum Gasteiger partial charge on any atom is 0.508 e. The topological polar surface area (TPSA) is 35.5 Å². The second kappa shape index (κ2) is 7.14. The second-order valence-electron chi connectivity index (χ2n) is 4.17. The molecule has 102 valence electrons. The van der Waals surface area contributed by atoms with Crippen molar-refractivity contribution in [3.8, 4) is 0 Å². The summed E-state index contributed by atoms with van der Waals surface area (Å²) in [6.07, 6.45) is 2.59. The summed E-state index contributed by atoms with van der Waals surface area (Å²) in [5.41, 5.74) is 1.94. The molecular formula is C17H16O3. The van der Waals surface area contributed by atoms with E-state index < -0.39 is 12.3 Å². The van der Waals surface area contributed by atoms with Crippen molar-refractivity contribution >= 4 is 12.2 Å². The first-order valence-corrected chi connectivity index (χ1v) is 6.32. The third kappa shape index (κ3) is 3.99. The molecule has 20 heavy (non-hydrogen) atoms. The molecule has 0 aliphatic carbocycles. The van der Waals surface area contributed by atoms with Crippen LogP contribution >= 0.6 is 0 Å². The standard InChI is InChI=1S/C17H16O3/c1-19-17(18)20-16(15-10-6-3-7-11-15)13-12-14-8-4-2-5-9-14/h2-13,16H,1H3/b13-12+. The molecule has 1 unspecified atom stereocenters. The van der Waals surface area contributed by atoms with Gasteiger partial charge in [-0.05, 0) is 17.2 Å². The van der Waals surface area contributed by atoms with E-state index in [-0.39, 0.29) is 0 Å². The number of carbonyl (C=O) groups is 1. The van der Waals surface area contributed by atoms with Crippen molar-refractivity contribution in [1.82, 2.24) is 0 Å². The van der Waals surface area contributed by atoms with E-state index in [0.717, 1.165) is 11.1 Å². The Morgan fingerprint density at radius 2 is 1.60 bits per heavy atom. The predicted octanol–water partition coefficient (Wildman–Crippen LogP) is 4.22. The molecule has 0 aliphatic heterocycles. The van der Waals surface area contributed by atoms with Crippen LogP contribution in [0.1, 0.15) is 17.2 Å². The maximum atomic E-state index is 11.3. The molecular weight excluding hydrogens is 252 g/mol. The molecule has 2 aromatic carbocycles. The van der Waals surface area contributed by atoms with E-state index in [4.69, 9.17) is 4.74 Å². The van der Waals surface area contributed by atoms with Crippen LogP contribution < -0.4 is 0 Å². The Hall–Kier alpha value is -2.55. The van der Waals surface area contributed by atoms with Crippen molar-refractivity contribution in [3.05, 3.63) is 77.9 Å². The van der Waals surface area contributed by atoms with E-state index in [1.807, 2.05) is 72.8 Å². The van der Waals surface area contributed by atoms with Crippen molar-refractivity contribution in [2.24, 2.45) is 0 Å². The summed E-state index contributed by atoms with van der Waals surface area (Å²) >= 11 is 0. The highest BCUT2D eigenvalue weighted by molar-refractivity contribution is 5.61. The molecule has 0 saturated heterocycles. The molecule has 0 aromatic heterocycles. The highest BCUT2D eigenvalue weighted by atomic mass is 16.7. The molecule has 0 radical (unpaired) electrons. The Morgan fingerprint density at radius 3 is 2.20 bits per heavy atom. The SMILES string of the molecule is COC(=O)OC(/C=C/c1ccccc1)c1ccccc1. The molecule has 0 fully saturated rings. The van der Waals surface area contributed by atoms with Crippen LogP contribution in [0.5, 0.6) is 0 Å². The van der Waals surface area contributed by atoms with E-state index in [1.165, 1.54) is 7.11 Å². The maximum absolute atomic E-state index is 11.3. The summed E-state index contributed by atoms with van der Waals surface area (Å²) in [6, 6.07) is 19.4. The van der Waals surface area contributed by atoms with Gasteiger partial charge in [0.05, 0.1) is 7.11 Å². The lowest BCUT2D eigenvalue weighted by Gasteiger charge is -2.13. The number of benzene rings is 2. The van der Waals surface area contributed by atoms with Gasteiger partial charge in [-0.2, -0.15) is 0 Å². The fourth-order valence-electron chi connectivity index (χ4n) is 1.78. The van der Waals surface area contributed by atoms with Gasteiger partial charge >= 0.3 is 6.16 Å². The van der Waals surface area contributed by atoms with E-state index in [0.29, 0.717) is 0 Å². The van der Waals surface area contributed by atoms with Crippen LogP contribution in [0.2, 0.25) is 0 Å². The number of ether oxygens (including phenoxy) is 2. The first-order chi connectivity index (χ1) is 9.79. The van der Waals surface area contributed by atoms with Crippen LogP contribution in [0.15, 0.2) is 66.7 Å². The molecule has 0 heterocycles. The lowest BCUT2D eigenvalue weighted by atomic mass is 10.1. The third-order valence-electron chi connectivity index (χ3n) is 2.78. The van der Waals surface area contributed by atoms with Gasteiger partial charge in [-0.25, -0.2) is 4.79 Å². The number of rotatable bonds is 4. The molecule has 0 spiro atoms. The van der Waals surface area contributed by atoms with Gasteiger partial charge in [-0.1, -0.05) is 66.7 Å². The van der Waals surface area contributed by atoms with Crippen molar-refractivity contribution < 1.29 is 14.3 Å². The molecule has 0 aliphatic rings. The Morgan fingerprint density at radius 1 is 1.00 bits per heavy atom. The van der Waals surface area contributed by atoms with Crippen molar-refractivity contribution in [2.75, 3.05) is 7.11 Å². The van der Waals surface area contributed by atoms with Gasteiger partial charge in [0.25, 0.3) is 0 Å². The molecule has 0 bridgehead atoms. The minimum atomic E-state index is -0.698. The number of methoxy groups -OCH3 is 1. The summed E-state index contributed by atoms with van der Waals surface area (Å²) in [7, 11) is 1.30. The zero-order valence-corrected chi connectivity index (χ0v) is 11.2. The zero-order valence-electron chi connectivity index (χ0n) is 11.2. The minimum Gasteiger partial charge on any atom is -0.438 e. The monoisotopic (exact) mass is 268 g/mol. The third-order valence-corrected chi connectivity index (χ3v) is 2.78. The predicted molar refractivity (Wildman–Crippen MR) is 78.1 cm³/mol. The van der Waals surface area contributed by atoms with E-state index in [9.17, 15) is 4.79 Å². The van der Waals surface area contributed by atoms with Crippen molar-refractivity contribution in [3.63, 3.8) is 0 Å². The molecule has 1 atom stereocenters. The molecule has 2 aromatic rings. The van der Waals surface area contributed by atoms with E-state index >= 15 is 0 Å². The quantitative estimate of drug-likeness (QED) is 0.779. The first kappa shape index (κ1) is 13.9. The van der Waals surface area contributed by atoms with Crippen LogP contribution in [0.3, 0.4) is 0 Å². The summed E-state index contributed by atoms with van der Waals surface area (Å²) in [4.78, 5) is 11.3. The number of carbonyl (C=O) groups excluding carboxylic acids is 1. The van der Waals surface area contributed by atoms with Gasteiger partial charge < -0.3 is 9.47 Å². The lowest BCUT2D eigenvalue weighted by molar-refractivity contribution is 0.0524. The molecule has 0 saturated carbocycles. The fraction of sp³-hybridized carbons (Fsp3) is 0.118. The minimum absolute atomic E-state index is 0.469. The molecule has 3 nitrogen and oxygen atoms in total. The highest BCUT2D eigenvalue weighted by Gasteiger charge is 2.13. The average Bonchev–Trinajstić information content (AvgIpc) is 2.53. The highest BCUT2D eigenvalue weighted by Crippen LogP contribution is 2.20. The van der Waals surface area contributed by atoms with Gasteiger partial charge in [-0.15, -0.1) is 0 Å². The molecule has 2 rings (SSSR count). The smallest absolute Gasteiger partial charge is 0.438 e. The van der Waals surface area contributed by atoms with Crippen LogP contribution in [0.25, 0.3) is 6.08 Å². The lowest BCUT2D eigenvalue weighted by Crippen LogP contribution is -2.09. The van der Waals surface area contributed by atoms with Gasteiger partial charge in [0, 0.05) is 0 Å². The summed E-state index contributed by atoms with van der Waals surface area (Å²) < 4.78 is 9.82. The van der Waals surface area contributed by atoms with Gasteiger partial charge in [-0.3, -0.25) is 0 Å². The largest absolute Gasteiger partial charge is 0.508 e. The van der Waals surface area contributed by atoms with Crippen LogP contribution in [-0.4, -0.2) is 13.3 Å². The summed E-state index contributed by atoms with van der Waals surface area (Å²) in [6.45, 7) is 0. The van der Waals surface area contributed by atoms with Gasteiger partial charge in [0.1, 0.15) is 6.10 Å². The van der Waals surface area contributed by atoms with Crippen molar-refractivity contribution in [1.29, 1.82) is 0 Å². The Kier molecular flexibility index (Phi) is 4.95. The fourth-order valence-corrected chi connectivity index (χ4v) is 1.78. The second-order valence-corrected chi connectivity index (χ2v) is 4.17. The van der Waals surface area contributed by atoms with Crippen molar-refractivity contribution in [2.45, 2.75) is 6.10 Å². The average molecular weight is 268 g/mol. The van der Waals surface area contributed by atoms with E-state index in [2.05, 4.69) is 4.74 Å². The Labute approximate surface area is 118 Å². The summed E-state index contributed by atoms with van der Waals surface area (Å²) in [5.74, 6) is 0. The Balaban J connectivity index is 2.19. The first-order valence-electron chi connectivity index (χ1n) is 6.32. The molecule has 0 N–H and O–H groups in total. The van der Waals surface area contributed by atoms with Gasteiger partial charge in [0.2, 0.25) is 0 Å². The van der Waals surface area contributed by atoms with Crippen LogP contribution in [0, 0.1) is 0 Å². The number of hydrogen-bond donors (Lipinski definition) is 0. The normalized spacial score (nSPS) is 12.1. The summed E-state index contributed by atoms with van der Waals surface area (Å²) in [5, 5.41) is 0.